The van der Waals surface area contributed by atoms with Gasteiger partial charge in [-0.05, 0) is 30.7 Å². The smallest absolute Gasteiger partial charge is 0.209 e. The Balaban J connectivity index is 1.78. The van der Waals surface area contributed by atoms with Crippen molar-refractivity contribution >= 4 is 33.4 Å². The second kappa shape index (κ2) is 9.42. The normalized spacial score (nSPS) is 11.5. The number of para-hydroxylation sites is 2. The molecule has 0 spiro atoms. The van der Waals surface area contributed by atoms with Gasteiger partial charge in [0.25, 0.3) is 0 Å². The number of halogens is 1. The predicted molar refractivity (Wildman–Crippen MR) is 110 cm³/mol. The maximum atomic E-state index is 11.1. The van der Waals surface area contributed by atoms with Crippen LogP contribution in [0.15, 0.2) is 59.8 Å². The minimum Gasteiger partial charge on any atom is -0.484 e. The van der Waals surface area contributed by atoms with E-state index in [-0.39, 0.29) is 12.4 Å². The molecule has 0 aliphatic heterocycles. The molecule has 28 heavy (non-hydrogen) atoms. The number of nitrogens with zero attached hydrogens (tertiary/aromatic N) is 3. The van der Waals surface area contributed by atoms with Gasteiger partial charge in [-0.3, -0.25) is 4.57 Å². The molecular formula is C18H19ClN4O3S2. The van der Waals surface area contributed by atoms with Gasteiger partial charge in [-0.2, -0.15) is 0 Å². The average Bonchev–Trinajstić information content (AvgIpc) is 3.07. The van der Waals surface area contributed by atoms with Crippen molar-refractivity contribution in [2.75, 3.05) is 11.5 Å². The van der Waals surface area contributed by atoms with Gasteiger partial charge < -0.3 is 4.74 Å². The molecule has 1 heterocycles. The zero-order valence-corrected chi connectivity index (χ0v) is 17.3. The third kappa shape index (κ3) is 5.71. The Bertz CT molecular complexity index is 1030. The van der Waals surface area contributed by atoms with Gasteiger partial charge in [0.2, 0.25) is 10.0 Å². The summed E-state index contributed by atoms with van der Waals surface area (Å²) in [6.07, 6.45) is 0.427. The Hall–Kier alpha value is -2.07. The quantitative estimate of drug-likeness (QED) is 0.406. The maximum Gasteiger partial charge on any atom is 0.209 e. The minimum atomic E-state index is -3.47. The van der Waals surface area contributed by atoms with E-state index in [0.717, 1.165) is 5.69 Å². The van der Waals surface area contributed by atoms with E-state index < -0.39 is 10.0 Å². The molecule has 0 unspecified atom stereocenters. The van der Waals surface area contributed by atoms with Gasteiger partial charge in [0.15, 0.2) is 11.0 Å². The molecule has 0 aliphatic rings. The third-order valence-corrected chi connectivity index (χ3v) is 5.90. The van der Waals surface area contributed by atoms with Gasteiger partial charge in [0, 0.05) is 11.4 Å². The summed E-state index contributed by atoms with van der Waals surface area (Å²) in [4.78, 5) is 0. The van der Waals surface area contributed by atoms with Crippen molar-refractivity contribution in [3.8, 4) is 11.4 Å². The van der Waals surface area contributed by atoms with Crippen molar-refractivity contribution in [2.45, 2.75) is 18.2 Å². The van der Waals surface area contributed by atoms with Crippen LogP contribution in [0.4, 0.5) is 0 Å². The lowest BCUT2D eigenvalue weighted by Gasteiger charge is -2.11. The van der Waals surface area contributed by atoms with Crippen LogP contribution in [0.3, 0.4) is 0 Å². The predicted octanol–water partition coefficient (Wildman–Crippen LogP) is 3.27. The molecule has 10 heteroatoms. The molecule has 3 aromatic rings. The van der Waals surface area contributed by atoms with E-state index in [0.29, 0.717) is 33.9 Å². The van der Waals surface area contributed by atoms with Crippen LogP contribution in [0.1, 0.15) is 12.2 Å². The largest absolute Gasteiger partial charge is 0.484 e. The zero-order chi connectivity index (χ0) is 20.0. The zero-order valence-electron chi connectivity index (χ0n) is 14.9. The second-order valence-electron chi connectivity index (χ2n) is 5.86. The molecule has 7 nitrogen and oxygen atoms in total. The number of sulfonamides is 1. The lowest BCUT2D eigenvalue weighted by Crippen LogP contribution is -2.16. The van der Waals surface area contributed by atoms with E-state index in [1.165, 1.54) is 11.8 Å². The van der Waals surface area contributed by atoms with E-state index in [4.69, 9.17) is 21.5 Å². The molecular weight excluding hydrogens is 420 g/mol. The highest BCUT2D eigenvalue weighted by Crippen LogP contribution is 2.26. The topological polar surface area (TPSA) is 100 Å². The first-order valence-corrected chi connectivity index (χ1v) is 11.5. The summed E-state index contributed by atoms with van der Waals surface area (Å²) in [6, 6.07) is 16.9. The number of benzene rings is 2. The number of ether oxygens (including phenoxy) is 1. The lowest BCUT2D eigenvalue weighted by atomic mass is 10.3. The Morgan fingerprint density at radius 2 is 1.79 bits per heavy atom. The average molecular weight is 439 g/mol. The number of rotatable bonds is 9. The Morgan fingerprint density at radius 3 is 2.50 bits per heavy atom. The van der Waals surface area contributed by atoms with E-state index in [2.05, 4.69) is 10.2 Å². The van der Waals surface area contributed by atoms with Crippen molar-refractivity contribution in [3.63, 3.8) is 0 Å². The number of primary sulfonamides is 1. The summed E-state index contributed by atoms with van der Waals surface area (Å²) in [5, 5.41) is 14.7. The number of hydrogen-bond acceptors (Lipinski definition) is 6. The van der Waals surface area contributed by atoms with Crippen molar-refractivity contribution < 1.29 is 13.2 Å². The molecule has 2 N–H and O–H groups in total. The van der Waals surface area contributed by atoms with E-state index >= 15 is 0 Å². The highest BCUT2D eigenvalue weighted by molar-refractivity contribution is 7.99. The second-order valence-corrected chi connectivity index (χ2v) is 9.06. The number of aromatic nitrogens is 3. The van der Waals surface area contributed by atoms with Crippen LogP contribution in [0, 0.1) is 0 Å². The van der Waals surface area contributed by atoms with Crippen molar-refractivity contribution in [1.82, 2.24) is 14.8 Å². The van der Waals surface area contributed by atoms with Crippen molar-refractivity contribution in [2.24, 2.45) is 5.14 Å². The van der Waals surface area contributed by atoms with Crippen LogP contribution in [0.5, 0.6) is 5.75 Å². The molecule has 0 fully saturated rings. The molecule has 0 saturated carbocycles. The monoisotopic (exact) mass is 438 g/mol. The van der Waals surface area contributed by atoms with Gasteiger partial charge in [0.1, 0.15) is 12.4 Å². The van der Waals surface area contributed by atoms with Crippen LogP contribution in [-0.2, 0) is 16.6 Å². The van der Waals surface area contributed by atoms with Gasteiger partial charge >= 0.3 is 0 Å². The Labute approximate surface area is 172 Å². The first kappa shape index (κ1) is 20.7. The molecule has 3 rings (SSSR count). The van der Waals surface area contributed by atoms with Gasteiger partial charge in [0.05, 0.1) is 10.8 Å². The van der Waals surface area contributed by atoms with Crippen LogP contribution in [-0.4, -0.2) is 34.7 Å². The molecule has 0 atom stereocenters. The molecule has 0 bridgehead atoms. The number of hydrogen-bond donors (Lipinski definition) is 1. The van der Waals surface area contributed by atoms with Gasteiger partial charge in [-0.15, -0.1) is 10.2 Å². The fourth-order valence-electron chi connectivity index (χ4n) is 2.45. The summed E-state index contributed by atoms with van der Waals surface area (Å²) in [7, 11) is -3.47. The number of thioether (sulfide) groups is 1. The summed E-state index contributed by atoms with van der Waals surface area (Å²) in [5.74, 6) is 1.66. The maximum absolute atomic E-state index is 11.1. The van der Waals surface area contributed by atoms with Crippen molar-refractivity contribution in [1.29, 1.82) is 0 Å². The fourth-order valence-corrected chi connectivity index (χ4v) is 4.28. The molecule has 0 radical (unpaired) electrons. The minimum absolute atomic E-state index is 0.0675. The summed E-state index contributed by atoms with van der Waals surface area (Å²) >= 11 is 7.56. The van der Waals surface area contributed by atoms with Gasteiger partial charge in [-0.25, -0.2) is 13.6 Å². The van der Waals surface area contributed by atoms with Gasteiger partial charge in [-0.1, -0.05) is 53.7 Å². The standard InChI is InChI=1S/C18H19ClN4O3S2/c19-15-9-4-5-10-16(15)26-13-17-21-22-18(27-11-6-12-28(20,24)25)23(17)14-7-2-1-3-8-14/h1-5,7-10H,6,11-13H2,(H2,20,24,25). The first-order chi connectivity index (χ1) is 13.4. The molecule has 2 aromatic carbocycles. The summed E-state index contributed by atoms with van der Waals surface area (Å²) in [5.41, 5.74) is 0.888. The van der Waals surface area contributed by atoms with Crippen LogP contribution in [0.2, 0.25) is 5.02 Å². The first-order valence-electron chi connectivity index (χ1n) is 8.44. The molecule has 0 aliphatic carbocycles. The summed E-state index contributed by atoms with van der Waals surface area (Å²) < 4.78 is 29.9. The van der Waals surface area contributed by atoms with Crippen molar-refractivity contribution in [3.05, 3.63) is 65.4 Å². The highest BCUT2D eigenvalue weighted by atomic mass is 35.5. The molecule has 0 saturated heterocycles. The third-order valence-electron chi connectivity index (χ3n) is 3.71. The Kier molecular flexibility index (Phi) is 6.95. The lowest BCUT2D eigenvalue weighted by molar-refractivity contribution is 0.293. The Morgan fingerprint density at radius 1 is 1.07 bits per heavy atom. The van der Waals surface area contributed by atoms with E-state index in [1.807, 2.05) is 47.0 Å². The SMILES string of the molecule is NS(=O)(=O)CCCSc1nnc(COc2ccccc2Cl)n1-c1ccccc1. The molecule has 148 valence electrons. The highest BCUT2D eigenvalue weighted by Gasteiger charge is 2.16. The molecule has 1 aromatic heterocycles. The van der Waals surface area contributed by atoms with Crippen LogP contribution in [0.25, 0.3) is 5.69 Å². The van der Waals surface area contributed by atoms with E-state index in [9.17, 15) is 8.42 Å². The molecule has 0 amide bonds. The fraction of sp³-hybridized carbons (Fsp3) is 0.222. The summed E-state index contributed by atoms with van der Waals surface area (Å²) in [6.45, 7) is 0.184. The number of nitrogens with two attached hydrogens (primary N) is 1. The van der Waals surface area contributed by atoms with E-state index in [1.54, 1.807) is 12.1 Å². The van der Waals surface area contributed by atoms with Crippen LogP contribution >= 0.6 is 23.4 Å². The van der Waals surface area contributed by atoms with Crippen LogP contribution < -0.4 is 9.88 Å².